The monoisotopic (exact) mass is 528 g/mol. The first-order valence-corrected chi connectivity index (χ1v) is 13.3. The number of carbonyl (C=O) groups excluding carboxylic acids is 1. The Morgan fingerprint density at radius 2 is 1.91 bits per heavy atom. The minimum absolute atomic E-state index is 0. The van der Waals surface area contributed by atoms with Gasteiger partial charge in [0.2, 0.25) is 10.0 Å². The lowest BCUT2D eigenvalue weighted by Gasteiger charge is -2.17. The second kappa shape index (κ2) is 12.9. The van der Waals surface area contributed by atoms with Gasteiger partial charge in [-0.15, -0.1) is 12.4 Å². The van der Waals surface area contributed by atoms with Crippen molar-refractivity contribution in [3.05, 3.63) is 58.1 Å². The molecule has 2 aromatic rings. The summed E-state index contributed by atoms with van der Waals surface area (Å²) in [5.74, 6) is 0.337. The Bertz CT molecular complexity index is 1090. The summed E-state index contributed by atoms with van der Waals surface area (Å²) in [4.78, 5) is 15.2. The van der Waals surface area contributed by atoms with E-state index in [9.17, 15) is 13.2 Å². The molecule has 0 bridgehead atoms. The summed E-state index contributed by atoms with van der Waals surface area (Å²) in [7, 11) is -1.69. The molecule has 1 aliphatic rings. The summed E-state index contributed by atoms with van der Waals surface area (Å²) in [5, 5.41) is 0.793. The summed E-state index contributed by atoms with van der Waals surface area (Å²) in [5.41, 5.74) is 2.36. The van der Waals surface area contributed by atoms with E-state index in [-0.39, 0.29) is 29.1 Å². The number of benzene rings is 2. The number of ether oxygens (including phenoxy) is 1. The summed E-state index contributed by atoms with van der Waals surface area (Å²) < 4.78 is 33.7. The van der Waals surface area contributed by atoms with Gasteiger partial charge in [0.05, 0.1) is 6.61 Å². The average Bonchev–Trinajstić information content (AvgIpc) is 3.23. The zero-order valence-electron chi connectivity index (χ0n) is 20.0. The van der Waals surface area contributed by atoms with Crippen LogP contribution in [0.1, 0.15) is 54.6 Å². The molecule has 1 N–H and O–H groups in total. The molecular weight excluding hydrogens is 495 g/mol. The summed E-state index contributed by atoms with van der Waals surface area (Å²) in [6.45, 7) is 5.73. The Morgan fingerprint density at radius 3 is 2.62 bits per heavy atom. The zero-order chi connectivity index (χ0) is 24.0. The van der Waals surface area contributed by atoms with Gasteiger partial charge in [-0.25, -0.2) is 13.1 Å². The predicted molar refractivity (Wildman–Crippen MR) is 139 cm³/mol. The molecule has 0 saturated heterocycles. The minimum atomic E-state index is -3.75. The molecule has 188 valence electrons. The van der Waals surface area contributed by atoms with Crippen LogP contribution >= 0.6 is 24.0 Å². The molecule has 6 nitrogen and oxygen atoms in total. The van der Waals surface area contributed by atoms with E-state index in [1.54, 1.807) is 19.9 Å². The molecule has 0 spiro atoms. The number of sulfonamides is 1. The molecule has 1 aliphatic heterocycles. The fraction of sp³-hybridized carbons (Fsp3) is 0.480. The highest BCUT2D eigenvalue weighted by molar-refractivity contribution is 7.89. The van der Waals surface area contributed by atoms with Crippen molar-refractivity contribution in [3.63, 3.8) is 0 Å². The van der Waals surface area contributed by atoms with Gasteiger partial charge in [-0.3, -0.25) is 4.79 Å². The van der Waals surface area contributed by atoms with E-state index in [0.29, 0.717) is 30.8 Å². The number of hydrogen-bond acceptors (Lipinski definition) is 5. The van der Waals surface area contributed by atoms with Gasteiger partial charge in [-0.05, 0) is 76.0 Å². The number of nitrogens with one attached hydrogen (secondary N) is 1. The van der Waals surface area contributed by atoms with Crippen molar-refractivity contribution in [2.24, 2.45) is 0 Å². The Morgan fingerprint density at radius 1 is 1.18 bits per heavy atom. The number of fused-ring (bicyclic) bond motifs is 1. The Balaban J connectivity index is 0.00000408. The Labute approximate surface area is 214 Å². The predicted octanol–water partition coefficient (Wildman–Crippen LogP) is 4.91. The maximum Gasteiger partial charge on any atom is 0.244 e. The number of Topliss-reactive ketones (excluding diaryl/α,β-unsaturated/α-hetero) is 1. The molecule has 9 heteroatoms. The number of carbonyl (C=O) groups is 1. The number of halogens is 2. The van der Waals surface area contributed by atoms with Crippen molar-refractivity contribution in [1.82, 2.24) is 9.62 Å². The van der Waals surface area contributed by atoms with Crippen molar-refractivity contribution >= 4 is 39.8 Å². The Kier molecular flexibility index (Phi) is 10.8. The normalized spacial score (nSPS) is 13.0. The van der Waals surface area contributed by atoms with Crippen LogP contribution in [0, 0.1) is 0 Å². The first-order valence-electron chi connectivity index (χ1n) is 11.4. The molecule has 0 aromatic heterocycles. The number of ketones is 1. The van der Waals surface area contributed by atoms with Crippen molar-refractivity contribution in [2.75, 3.05) is 26.7 Å². The second-order valence-corrected chi connectivity index (χ2v) is 11.0. The average molecular weight is 530 g/mol. The van der Waals surface area contributed by atoms with Crippen molar-refractivity contribution in [2.45, 2.75) is 56.9 Å². The largest absolute Gasteiger partial charge is 0.492 e. The molecule has 2 aromatic carbocycles. The SMILES string of the molecule is CC(C)NS(=O)(=O)c1cc(C(=O)CCCCN(C)CCc2ccccc2Cl)cc2c1OCC2.Cl. The van der Waals surface area contributed by atoms with E-state index in [4.69, 9.17) is 16.3 Å². The topological polar surface area (TPSA) is 75.7 Å². The van der Waals surface area contributed by atoms with Gasteiger partial charge in [0.15, 0.2) is 5.78 Å². The highest BCUT2D eigenvalue weighted by atomic mass is 35.5. The third-order valence-corrected chi connectivity index (χ3v) is 7.70. The molecule has 0 unspecified atom stereocenters. The van der Waals surface area contributed by atoms with E-state index in [2.05, 4.69) is 16.7 Å². The van der Waals surface area contributed by atoms with Gasteiger partial charge in [0, 0.05) is 36.0 Å². The highest BCUT2D eigenvalue weighted by Crippen LogP contribution is 2.34. The highest BCUT2D eigenvalue weighted by Gasteiger charge is 2.28. The second-order valence-electron chi connectivity index (χ2n) is 8.86. The summed E-state index contributed by atoms with van der Waals surface area (Å²) >= 11 is 6.22. The number of unbranched alkanes of at least 4 members (excludes halogenated alkanes) is 1. The van der Waals surface area contributed by atoms with E-state index >= 15 is 0 Å². The lowest BCUT2D eigenvalue weighted by atomic mass is 10.0. The van der Waals surface area contributed by atoms with E-state index < -0.39 is 10.0 Å². The third kappa shape index (κ3) is 7.68. The summed E-state index contributed by atoms with van der Waals surface area (Å²) in [6, 6.07) is 10.9. The van der Waals surface area contributed by atoms with Crippen LogP contribution in [0.2, 0.25) is 5.02 Å². The quantitative estimate of drug-likeness (QED) is 0.312. The minimum Gasteiger partial charge on any atom is -0.492 e. The molecule has 0 aliphatic carbocycles. The molecule has 0 radical (unpaired) electrons. The van der Waals surface area contributed by atoms with Gasteiger partial charge >= 0.3 is 0 Å². The van der Waals surface area contributed by atoms with Gasteiger partial charge < -0.3 is 9.64 Å². The van der Waals surface area contributed by atoms with E-state index in [1.165, 1.54) is 6.07 Å². The van der Waals surface area contributed by atoms with Crippen LogP contribution in [-0.2, 0) is 22.9 Å². The molecular formula is C25H34Cl2N2O4S. The van der Waals surface area contributed by atoms with Crippen LogP contribution in [0.5, 0.6) is 5.75 Å². The van der Waals surface area contributed by atoms with Gasteiger partial charge in [-0.2, -0.15) is 0 Å². The van der Waals surface area contributed by atoms with Gasteiger partial charge in [0.1, 0.15) is 10.6 Å². The van der Waals surface area contributed by atoms with Gasteiger partial charge in [-0.1, -0.05) is 29.8 Å². The Hall–Kier alpha value is -1.64. The zero-order valence-corrected chi connectivity index (χ0v) is 22.4. The van der Waals surface area contributed by atoms with Crippen molar-refractivity contribution in [3.8, 4) is 5.75 Å². The fourth-order valence-electron chi connectivity index (χ4n) is 3.94. The van der Waals surface area contributed by atoms with Crippen molar-refractivity contribution < 1.29 is 17.9 Å². The molecule has 1 heterocycles. The first kappa shape index (κ1) is 28.6. The molecule has 0 amide bonds. The fourth-order valence-corrected chi connectivity index (χ4v) is 5.64. The maximum absolute atomic E-state index is 12.9. The summed E-state index contributed by atoms with van der Waals surface area (Å²) in [6.07, 6.45) is 3.51. The molecule has 0 fully saturated rings. The number of hydrogen-bond donors (Lipinski definition) is 1. The van der Waals surface area contributed by atoms with E-state index in [1.807, 2.05) is 24.3 Å². The third-order valence-electron chi connectivity index (χ3n) is 5.67. The number of likely N-dealkylation sites (N-methyl/N-ethyl adjacent to an activating group) is 1. The maximum atomic E-state index is 12.9. The van der Waals surface area contributed by atoms with Crippen molar-refractivity contribution in [1.29, 1.82) is 0 Å². The number of rotatable bonds is 12. The van der Waals surface area contributed by atoms with Crippen LogP contribution in [0.25, 0.3) is 0 Å². The lowest BCUT2D eigenvalue weighted by Crippen LogP contribution is -2.30. The smallest absolute Gasteiger partial charge is 0.244 e. The molecule has 0 atom stereocenters. The number of nitrogens with zero attached hydrogens (tertiary/aromatic N) is 1. The standard InChI is InChI=1S/C25H33ClN2O4S.ClH/c1-18(2)27-33(30,31)24-17-21(16-20-12-15-32-25(20)24)23(29)10-6-7-13-28(3)14-11-19-8-4-5-9-22(19)26;/h4-5,8-9,16-18,27H,6-7,10-15H2,1-3H3;1H. The van der Waals surface area contributed by atoms with Crippen LogP contribution < -0.4 is 9.46 Å². The van der Waals surface area contributed by atoms with Crippen LogP contribution in [0.4, 0.5) is 0 Å². The van der Waals surface area contributed by atoms with Crippen LogP contribution in [0.3, 0.4) is 0 Å². The lowest BCUT2D eigenvalue weighted by molar-refractivity contribution is 0.0978. The molecule has 34 heavy (non-hydrogen) atoms. The molecule has 0 saturated carbocycles. The van der Waals surface area contributed by atoms with Gasteiger partial charge in [0.25, 0.3) is 0 Å². The van der Waals surface area contributed by atoms with Crippen LogP contribution in [0.15, 0.2) is 41.3 Å². The first-order chi connectivity index (χ1) is 15.7. The molecule has 3 rings (SSSR count). The van der Waals surface area contributed by atoms with Crippen LogP contribution in [-0.4, -0.2) is 51.9 Å². The van der Waals surface area contributed by atoms with E-state index in [0.717, 1.165) is 48.5 Å².